The van der Waals surface area contributed by atoms with Gasteiger partial charge in [0.15, 0.2) is 6.29 Å². The maximum Gasteiger partial charge on any atom is 0.243 e. The Balaban J connectivity index is 2.29. The SMILES string of the molecule is C=CC(=O)NCC1OC(OC2C(COC)OCC(OC)C2OC)C(OC)C(OC)C1OC. The van der Waals surface area contributed by atoms with Crippen LogP contribution in [0, 0.1) is 0 Å². The monoisotopic (exact) mass is 463 g/mol. The molecule has 2 fully saturated rings. The molecule has 2 aliphatic rings. The number of carbonyl (C=O) groups excluding carboxylic acids is 1. The number of carbonyl (C=O) groups is 1. The molecule has 11 nitrogen and oxygen atoms in total. The fourth-order valence-electron chi connectivity index (χ4n) is 4.17. The number of ether oxygens (including phenoxy) is 9. The van der Waals surface area contributed by atoms with Gasteiger partial charge >= 0.3 is 0 Å². The van der Waals surface area contributed by atoms with Gasteiger partial charge in [-0.3, -0.25) is 4.79 Å². The maximum atomic E-state index is 11.7. The van der Waals surface area contributed by atoms with Crippen molar-refractivity contribution in [1.82, 2.24) is 5.32 Å². The zero-order valence-electron chi connectivity index (χ0n) is 19.7. The zero-order chi connectivity index (χ0) is 23.7. The van der Waals surface area contributed by atoms with Crippen LogP contribution in [0.15, 0.2) is 12.7 Å². The Bertz CT molecular complexity index is 579. The van der Waals surface area contributed by atoms with Crippen LogP contribution >= 0.6 is 0 Å². The van der Waals surface area contributed by atoms with Gasteiger partial charge in [0.1, 0.15) is 48.8 Å². The summed E-state index contributed by atoms with van der Waals surface area (Å²) in [6.45, 7) is 4.26. The van der Waals surface area contributed by atoms with Gasteiger partial charge in [-0.15, -0.1) is 0 Å². The molecule has 0 saturated carbocycles. The van der Waals surface area contributed by atoms with Gasteiger partial charge in [0.25, 0.3) is 0 Å². The van der Waals surface area contributed by atoms with Crippen LogP contribution in [0.1, 0.15) is 0 Å². The molecular formula is C21H37NO10. The number of hydrogen-bond donors (Lipinski definition) is 1. The van der Waals surface area contributed by atoms with Gasteiger partial charge in [-0.05, 0) is 6.08 Å². The number of nitrogens with one attached hydrogen (secondary N) is 1. The van der Waals surface area contributed by atoms with Gasteiger partial charge in [0.05, 0.1) is 13.2 Å². The van der Waals surface area contributed by atoms with Crippen LogP contribution in [0.3, 0.4) is 0 Å². The summed E-state index contributed by atoms with van der Waals surface area (Å²) < 4.78 is 52.1. The lowest BCUT2D eigenvalue weighted by molar-refractivity contribution is -0.342. The summed E-state index contributed by atoms with van der Waals surface area (Å²) >= 11 is 0. The van der Waals surface area contributed by atoms with Crippen LogP contribution < -0.4 is 5.32 Å². The Morgan fingerprint density at radius 1 is 0.906 bits per heavy atom. The van der Waals surface area contributed by atoms with E-state index in [1.165, 1.54) is 6.08 Å². The van der Waals surface area contributed by atoms with Crippen LogP contribution in [0.2, 0.25) is 0 Å². The van der Waals surface area contributed by atoms with Crippen molar-refractivity contribution < 1.29 is 47.4 Å². The average molecular weight is 464 g/mol. The highest BCUT2D eigenvalue weighted by Gasteiger charge is 2.51. The minimum absolute atomic E-state index is 0.163. The minimum Gasteiger partial charge on any atom is -0.382 e. The minimum atomic E-state index is -0.872. The van der Waals surface area contributed by atoms with E-state index >= 15 is 0 Å². The van der Waals surface area contributed by atoms with Crippen molar-refractivity contribution >= 4 is 5.91 Å². The lowest BCUT2D eigenvalue weighted by Gasteiger charge is -2.48. The zero-order valence-corrected chi connectivity index (χ0v) is 19.7. The van der Waals surface area contributed by atoms with E-state index < -0.39 is 49.0 Å². The Labute approximate surface area is 189 Å². The predicted molar refractivity (Wildman–Crippen MR) is 112 cm³/mol. The first-order valence-corrected chi connectivity index (χ1v) is 10.4. The Morgan fingerprint density at radius 3 is 2.09 bits per heavy atom. The molecular weight excluding hydrogens is 426 g/mol. The summed E-state index contributed by atoms with van der Waals surface area (Å²) in [5, 5.41) is 2.73. The predicted octanol–water partition coefficient (Wildman–Crippen LogP) is -0.481. The summed E-state index contributed by atoms with van der Waals surface area (Å²) in [4.78, 5) is 11.7. The van der Waals surface area contributed by atoms with Crippen molar-refractivity contribution in [1.29, 1.82) is 0 Å². The highest BCUT2D eigenvalue weighted by molar-refractivity contribution is 5.86. The fraction of sp³-hybridized carbons (Fsp3) is 0.857. The number of rotatable bonds is 12. The van der Waals surface area contributed by atoms with Crippen molar-refractivity contribution in [2.75, 3.05) is 62.4 Å². The normalized spacial score (nSPS) is 37.8. The highest BCUT2D eigenvalue weighted by atomic mass is 16.7. The molecule has 1 amide bonds. The van der Waals surface area contributed by atoms with E-state index in [2.05, 4.69) is 11.9 Å². The van der Waals surface area contributed by atoms with Crippen molar-refractivity contribution in [3.8, 4) is 0 Å². The van der Waals surface area contributed by atoms with Crippen molar-refractivity contribution in [2.24, 2.45) is 0 Å². The number of hydrogen-bond acceptors (Lipinski definition) is 10. The molecule has 0 aromatic carbocycles. The lowest BCUT2D eigenvalue weighted by atomic mass is 9.96. The molecule has 2 rings (SSSR count). The van der Waals surface area contributed by atoms with E-state index in [0.717, 1.165) is 0 Å². The van der Waals surface area contributed by atoms with E-state index in [1.807, 2.05) is 0 Å². The summed E-state index contributed by atoms with van der Waals surface area (Å²) in [5.74, 6) is -0.327. The molecule has 11 heteroatoms. The van der Waals surface area contributed by atoms with Gasteiger partial charge in [0, 0.05) is 49.2 Å². The maximum absolute atomic E-state index is 11.7. The molecule has 2 saturated heterocycles. The quantitative estimate of drug-likeness (QED) is 0.381. The second kappa shape index (κ2) is 13.5. The van der Waals surface area contributed by atoms with E-state index in [9.17, 15) is 4.79 Å². The summed E-state index contributed by atoms with van der Waals surface area (Å²) in [6.07, 6.45) is -3.70. The Hall–Kier alpha value is -1.15. The molecule has 1 N–H and O–H groups in total. The van der Waals surface area contributed by atoms with Gasteiger partial charge in [0.2, 0.25) is 5.91 Å². The average Bonchev–Trinajstić information content (AvgIpc) is 2.82. The van der Waals surface area contributed by atoms with Gasteiger partial charge in [-0.25, -0.2) is 0 Å². The van der Waals surface area contributed by atoms with Crippen molar-refractivity contribution in [3.63, 3.8) is 0 Å². The third kappa shape index (κ3) is 6.25. The summed E-state index contributed by atoms with van der Waals surface area (Å²) in [7, 11) is 9.40. The molecule has 0 aromatic rings. The molecule has 2 aliphatic heterocycles. The molecule has 0 aromatic heterocycles. The van der Waals surface area contributed by atoms with Crippen LogP contribution in [0.25, 0.3) is 0 Å². The molecule has 9 atom stereocenters. The van der Waals surface area contributed by atoms with E-state index in [0.29, 0.717) is 13.2 Å². The Kier molecular flexibility index (Phi) is 11.5. The first-order chi connectivity index (χ1) is 15.5. The summed E-state index contributed by atoms with van der Waals surface area (Å²) in [6, 6.07) is 0. The van der Waals surface area contributed by atoms with E-state index in [1.54, 1.807) is 42.7 Å². The van der Waals surface area contributed by atoms with Crippen LogP contribution in [0.5, 0.6) is 0 Å². The van der Waals surface area contributed by atoms with Gasteiger partial charge in [-0.2, -0.15) is 0 Å². The highest BCUT2D eigenvalue weighted by Crippen LogP contribution is 2.32. The number of amides is 1. The molecule has 32 heavy (non-hydrogen) atoms. The first kappa shape index (κ1) is 27.1. The second-order valence-electron chi connectivity index (χ2n) is 7.50. The lowest BCUT2D eigenvalue weighted by Crippen LogP contribution is -2.65. The third-order valence-corrected chi connectivity index (χ3v) is 5.80. The smallest absolute Gasteiger partial charge is 0.243 e. The third-order valence-electron chi connectivity index (χ3n) is 5.80. The molecule has 0 radical (unpaired) electrons. The molecule has 0 aliphatic carbocycles. The molecule has 0 bridgehead atoms. The van der Waals surface area contributed by atoms with E-state index in [-0.39, 0.29) is 18.6 Å². The van der Waals surface area contributed by atoms with Crippen LogP contribution in [0.4, 0.5) is 0 Å². The fourth-order valence-corrected chi connectivity index (χ4v) is 4.17. The largest absolute Gasteiger partial charge is 0.382 e. The number of methoxy groups -OCH3 is 6. The van der Waals surface area contributed by atoms with E-state index in [4.69, 9.17) is 42.6 Å². The molecule has 9 unspecified atom stereocenters. The van der Waals surface area contributed by atoms with Crippen molar-refractivity contribution in [3.05, 3.63) is 12.7 Å². The molecule has 0 spiro atoms. The topological polar surface area (TPSA) is 112 Å². The van der Waals surface area contributed by atoms with Gasteiger partial charge < -0.3 is 47.9 Å². The first-order valence-electron chi connectivity index (χ1n) is 10.4. The molecule has 186 valence electrons. The second-order valence-corrected chi connectivity index (χ2v) is 7.50. The molecule has 2 heterocycles. The van der Waals surface area contributed by atoms with Crippen LogP contribution in [-0.2, 0) is 47.4 Å². The van der Waals surface area contributed by atoms with Crippen molar-refractivity contribution in [2.45, 2.75) is 55.1 Å². The van der Waals surface area contributed by atoms with Gasteiger partial charge in [-0.1, -0.05) is 6.58 Å². The van der Waals surface area contributed by atoms with Crippen LogP contribution in [-0.4, -0.2) is 123 Å². The Morgan fingerprint density at radius 2 is 1.56 bits per heavy atom. The summed E-state index contributed by atoms with van der Waals surface area (Å²) in [5.41, 5.74) is 0. The standard InChI is InChI=1S/C21H37NO10/c1-8-15(23)22-9-12-16(26-4)19(28-6)20(29-7)21(31-12)32-18-14(10-24-2)30-11-13(25-3)17(18)27-5/h8,12-14,16-21H,1,9-11H2,2-7H3,(H,22,23).